The summed E-state index contributed by atoms with van der Waals surface area (Å²) < 4.78 is 0. The molecule has 0 amide bonds. The summed E-state index contributed by atoms with van der Waals surface area (Å²) in [7, 11) is 0. The fourth-order valence-electron chi connectivity index (χ4n) is 0.618. The van der Waals surface area contributed by atoms with Crippen LogP contribution in [0.15, 0.2) is 6.20 Å². The molecule has 0 fully saturated rings. The number of aryl methyl sites for hydroxylation is 1. The Morgan fingerprint density at radius 2 is 2.56 bits per heavy atom. The molecule has 0 aliphatic heterocycles. The molecule has 9 heavy (non-hydrogen) atoms. The van der Waals surface area contributed by atoms with Crippen molar-refractivity contribution in [2.75, 3.05) is 6.26 Å². The van der Waals surface area contributed by atoms with Gasteiger partial charge in [-0.3, -0.25) is 0 Å². The molecular formula is C6H9N2S. The van der Waals surface area contributed by atoms with Crippen molar-refractivity contribution in [3.05, 3.63) is 23.5 Å². The quantitative estimate of drug-likeness (QED) is 0.677. The van der Waals surface area contributed by atoms with Crippen LogP contribution in [0.25, 0.3) is 0 Å². The van der Waals surface area contributed by atoms with Crippen LogP contribution in [-0.2, 0) is 0 Å². The highest BCUT2D eigenvalue weighted by Gasteiger charge is 1.93. The van der Waals surface area contributed by atoms with E-state index in [9.17, 15) is 0 Å². The summed E-state index contributed by atoms with van der Waals surface area (Å²) >= 11 is 1.66. The third-order valence-corrected chi connectivity index (χ3v) is 1.44. The Balaban J connectivity index is 2.61. The van der Waals surface area contributed by atoms with Gasteiger partial charge < -0.3 is 4.98 Å². The largest absolute Gasteiger partial charge is 0.349 e. The molecule has 1 aromatic rings. The molecule has 1 N–H and O–H groups in total. The van der Waals surface area contributed by atoms with Gasteiger partial charge >= 0.3 is 0 Å². The van der Waals surface area contributed by atoms with Crippen LogP contribution in [0.1, 0.15) is 11.5 Å². The molecule has 0 atom stereocenters. The van der Waals surface area contributed by atoms with E-state index in [1.807, 2.05) is 25.1 Å². The van der Waals surface area contributed by atoms with Crippen molar-refractivity contribution < 1.29 is 0 Å². The minimum absolute atomic E-state index is 0.968. The third kappa shape index (κ3) is 1.75. The highest BCUT2D eigenvalue weighted by molar-refractivity contribution is 8.00. The second-order valence-corrected chi connectivity index (χ2v) is 2.47. The topological polar surface area (TPSA) is 28.7 Å². The predicted octanol–water partition coefficient (Wildman–Crippen LogP) is 1.59. The maximum absolute atomic E-state index is 4.17. The molecule has 1 rings (SSSR count). The molecule has 1 heterocycles. The van der Waals surface area contributed by atoms with Crippen molar-refractivity contribution >= 4 is 11.8 Å². The number of rotatable bonds is 2. The number of aromatic nitrogens is 2. The molecule has 3 heteroatoms. The molecule has 1 aromatic heterocycles. The smallest absolute Gasteiger partial charge is 0.103 e. The van der Waals surface area contributed by atoms with Gasteiger partial charge in [-0.15, -0.1) is 0 Å². The van der Waals surface area contributed by atoms with Crippen LogP contribution in [0.4, 0.5) is 0 Å². The van der Waals surface area contributed by atoms with Crippen molar-refractivity contribution in [2.24, 2.45) is 0 Å². The summed E-state index contributed by atoms with van der Waals surface area (Å²) in [5.74, 6) is 2.97. The molecular weight excluding hydrogens is 132 g/mol. The van der Waals surface area contributed by atoms with E-state index in [4.69, 9.17) is 0 Å². The van der Waals surface area contributed by atoms with Crippen molar-refractivity contribution in [1.29, 1.82) is 0 Å². The van der Waals surface area contributed by atoms with Gasteiger partial charge in [-0.2, -0.15) is 11.8 Å². The van der Waals surface area contributed by atoms with Gasteiger partial charge in [-0.25, -0.2) is 4.98 Å². The monoisotopic (exact) mass is 141 g/mol. The fraction of sp³-hybridized carbons (Fsp3) is 0.333. The average molecular weight is 141 g/mol. The number of H-pyrrole nitrogens is 1. The summed E-state index contributed by atoms with van der Waals surface area (Å²) in [5, 5.41) is 0. The van der Waals surface area contributed by atoms with Crippen LogP contribution in [-0.4, -0.2) is 16.2 Å². The Bertz CT molecular complexity index is 183. The number of thioether (sulfide) groups is 1. The first-order valence-corrected chi connectivity index (χ1v) is 4.00. The van der Waals surface area contributed by atoms with Crippen molar-refractivity contribution in [1.82, 2.24) is 9.97 Å². The van der Waals surface area contributed by atoms with Gasteiger partial charge in [0.05, 0.1) is 11.4 Å². The molecule has 49 valence electrons. The van der Waals surface area contributed by atoms with Gasteiger partial charge in [0, 0.05) is 6.20 Å². The summed E-state index contributed by atoms with van der Waals surface area (Å²) in [6.07, 6.45) is 3.91. The van der Waals surface area contributed by atoms with Crippen molar-refractivity contribution in [3.8, 4) is 0 Å². The first-order chi connectivity index (χ1) is 4.33. The number of aromatic amines is 1. The van der Waals surface area contributed by atoms with Gasteiger partial charge in [0.15, 0.2) is 0 Å². The van der Waals surface area contributed by atoms with Gasteiger partial charge in [-0.1, -0.05) is 0 Å². The zero-order valence-electron chi connectivity index (χ0n) is 5.51. The number of imidazole rings is 1. The van der Waals surface area contributed by atoms with E-state index in [1.165, 1.54) is 0 Å². The van der Waals surface area contributed by atoms with Gasteiger partial charge in [0.25, 0.3) is 0 Å². The lowest BCUT2D eigenvalue weighted by atomic mass is 10.6. The van der Waals surface area contributed by atoms with Gasteiger partial charge in [0.1, 0.15) is 5.82 Å². The molecule has 0 saturated heterocycles. The van der Waals surface area contributed by atoms with Crippen LogP contribution < -0.4 is 0 Å². The highest BCUT2D eigenvalue weighted by Crippen LogP contribution is 2.07. The van der Waals surface area contributed by atoms with Crippen LogP contribution >= 0.6 is 11.8 Å². The van der Waals surface area contributed by atoms with Crippen molar-refractivity contribution in [3.63, 3.8) is 0 Å². The van der Waals surface area contributed by atoms with Crippen LogP contribution in [0.3, 0.4) is 0 Å². The molecule has 0 unspecified atom stereocenters. The lowest BCUT2D eigenvalue weighted by Crippen LogP contribution is -1.75. The number of hydrogen-bond donors (Lipinski definition) is 1. The molecule has 2 nitrogen and oxygen atoms in total. The zero-order valence-corrected chi connectivity index (χ0v) is 6.33. The van der Waals surface area contributed by atoms with Gasteiger partial charge in [-0.05, 0) is 13.2 Å². The molecule has 0 saturated carbocycles. The Morgan fingerprint density at radius 1 is 1.78 bits per heavy atom. The third-order valence-electron chi connectivity index (χ3n) is 0.964. The van der Waals surface area contributed by atoms with Crippen LogP contribution in [0.5, 0.6) is 0 Å². The van der Waals surface area contributed by atoms with Gasteiger partial charge in [0.2, 0.25) is 0 Å². The molecule has 0 aliphatic carbocycles. The summed E-state index contributed by atoms with van der Waals surface area (Å²) in [5.41, 5.74) is 1.01. The molecule has 1 radical (unpaired) electrons. The highest BCUT2D eigenvalue weighted by atomic mass is 32.2. The lowest BCUT2D eigenvalue weighted by Gasteiger charge is -1.84. The number of hydrogen-bond acceptors (Lipinski definition) is 2. The van der Waals surface area contributed by atoms with E-state index in [-0.39, 0.29) is 0 Å². The molecule has 0 spiro atoms. The van der Waals surface area contributed by atoms with Crippen LogP contribution in [0.2, 0.25) is 0 Å². The number of nitrogens with zero attached hydrogens (tertiary/aromatic N) is 1. The SMILES string of the molecule is CS[CH]c1c[nH]c(C)n1. The Labute approximate surface area is 59.1 Å². The second kappa shape index (κ2) is 2.92. The lowest BCUT2D eigenvalue weighted by molar-refractivity contribution is 1.14. The summed E-state index contributed by atoms with van der Waals surface area (Å²) in [4.78, 5) is 7.17. The van der Waals surface area contributed by atoms with E-state index < -0.39 is 0 Å². The standard InChI is InChI=1S/C6H9N2S/c1-5-7-3-6(8-5)4-9-2/h3-4H,1-2H3,(H,7,8). The zero-order chi connectivity index (χ0) is 6.69. The Hall–Kier alpha value is -0.440. The maximum Gasteiger partial charge on any atom is 0.103 e. The number of nitrogens with one attached hydrogen (secondary N) is 1. The fourth-order valence-corrected chi connectivity index (χ4v) is 0.980. The Morgan fingerprint density at radius 3 is 3.00 bits per heavy atom. The minimum Gasteiger partial charge on any atom is -0.349 e. The molecule has 0 aromatic carbocycles. The normalized spacial score (nSPS) is 10.0. The first kappa shape index (κ1) is 6.68. The maximum atomic E-state index is 4.17. The first-order valence-electron chi connectivity index (χ1n) is 2.71. The van der Waals surface area contributed by atoms with E-state index in [1.54, 1.807) is 11.8 Å². The second-order valence-electron chi connectivity index (χ2n) is 1.76. The predicted molar refractivity (Wildman–Crippen MR) is 40.2 cm³/mol. The molecule has 0 bridgehead atoms. The van der Waals surface area contributed by atoms with Crippen molar-refractivity contribution in [2.45, 2.75) is 6.92 Å². The van der Waals surface area contributed by atoms with E-state index >= 15 is 0 Å². The van der Waals surface area contributed by atoms with Crippen LogP contribution in [0, 0.1) is 12.7 Å². The van der Waals surface area contributed by atoms with E-state index in [0.29, 0.717) is 0 Å². The average Bonchev–Trinajstić information content (AvgIpc) is 2.17. The van der Waals surface area contributed by atoms with E-state index in [2.05, 4.69) is 9.97 Å². The summed E-state index contributed by atoms with van der Waals surface area (Å²) in [6.45, 7) is 1.94. The molecule has 0 aliphatic rings. The van der Waals surface area contributed by atoms with E-state index in [0.717, 1.165) is 11.5 Å². The Kier molecular flexibility index (Phi) is 2.16. The summed E-state index contributed by atoms with van der Waals surface area (Å²) in [6, 6.07) is 0. The minimum atomic E-state index is 0.968.